The van der Waals surface area contributed by atoms with Crippen LogP contribution in [0.15, 0.2) is 83.9 Å². The van der Waals surface area contributed by atoms with Gasteiger partial charge in [-0.25, -0.2) is 9.79 Å². The Balaban J connectivity index is 1.56. The molecule has 0 spiro atoms. The maximum absolute atomic E-state index is 12.3. The normalized spacial score (nSPS) is 11.0. The monoisotopic (exact) mass is 389 g/mol. The first kappa shape index (κ1) is 19.9. The molecule has 29 heavy (non-hydrogen) atoms. The van der Waals surface area contributed by atoms with E-state index in [4.69, 9.17) is 15.2 Å². The number of hydrogen-bond acceptors (Lipinski definition) is 4. The molecule has 3 aromatic rings. The summed E-state index contributed by atoms with van der Waals surface area (Å²) < 4.78 is 10.5. The van der Waals surface area contributed by atoms with Crippen molar-refractivity contribution in [2.24, 2.45) is 10.7 Å². The van der Waals surface area contributed by atoms with E-state index in [1.54, 1.807) is 25.3 Å². The molecule has 148 valence electrons. The first-order valence-electron chi connectivity index (χ1n) is 9.15. The highest BCUT2D eigenvalue weighted by Crippen LogP contribution is 2.15. The smallest absolute Gasteiger partial charge is 0.338 e. The van der Waals surface area contributed by atoms with Crippen LogP contribution >= 0.6 is 0 Å². The van der Waals surface area contributed by atoms with Crippen molar-refractivity contribution in [3.8, 4) is 5.75 Å². The van der Waals surface area contributed by atoms with Crippen LogP contribution in [0.3, 0.4) is 0 Å². The lowest BCUT2D eigenvalue weighted by molar-refractivity contribution is 0.0472. The topological polar surface area (TPSA) is 85.9 Å². The number of methoxy groups -OCH3 is 1. The van der Waals surface area contributed by atoms with Crippen LogP contribution in [0.4, 0.5) is 5.69 Å². The van der Waals surface area contributed by atoms with Crippen LogP contribution in [0, 0.1) is 0 Å². The van der Waals surface area contributed by atoms with Crippen LogP contribution in [0.25, 0.3) is 0 Å². The van der Waals surface area contributed by atoms with Crippen molar-refractivity contribution in [3.05, 3.63) is 95.6 Å². The van der Waals surface area contributed by atoms with E-state index in [1.165, 1.54) is 0 Å². The maximum Gasteiger partial charge on any atom is 0.338 e. The van der Waals surface area contributed by atoms with Crippen LogP contribution < -0.4 is 15.8 Å². The van der Waals surface area contributed by atoms with Crippen LogP contribution in [-0.4, -0.2) is 19.0 Å². The first-order valence-corrected chi connectivity index (χ1v) is 9.15. The number of benzene rings is 3. The van der Waals surface area contributed by atoms with E-state index in [0.29, 0.717) is 12.1 Å². The average molecular weight is 389 g/mol. The van der Waals surface area contributed by atoms with Gasteiger partial charge >= 0.3 is 5.97 Å². The Morgan fingerprint density at radius 1 is 0.966 bits per heavy atom. The maximum atomic E-state index is 12.3. The average Bonchev–Trinajstić information content (AvgIpc) is 2.77. The fourth-order valence-electron chi connectivity index (χ4n) is 2.64. The molecule has 0 aliphatic rings. The molecule has 0 bridgehead atoms. The van der Waals surface area contributed by atoms with Crippen LogP contribution in [-0.2, 0) is 17.9 Å². The SMILES string of the molecule is COc1ccc(NC(N)=NCc2cccc(C(=O)OCc3ccccc3)c2)cc1. The fraction of sp³-hybridized carbons (Fsp3) is 0.130. The Hall–Kier alpha value is -3.80. The number of rotatable bonds is 7. The van der Waals surface area contributed by atoms with Crippen molar-refractivity contribution in [2.75, 3.05) is 12.4 Å². The second-order valence-corrected chi connectivity index (χ2v) is 6.32. The predicted molar refractivity (Wildman–Crippen MR) is 114 cm³/mol. The quantitative estimate of drug-likeness (QED) is 0.363. The molecule has 0 amide bonds. The summed E-state index contributed by atoms with van der Waals surface area (Å²) in [7, 11) is 1.61. The van der Waals surface area contributed by atoms with E-state index in [2.05, 4.69) is 10.3 Å². The Labute approximate surface area is 170 Å². The second-order valence-electron chi connectivity index (χ2n) is 6.32. The third-order valence-electron chi connectivity index (χ3n) is 4.17. The zero-order chi connectivity index (χ0) is 20.5. The number of nitrogens with two attached hydrogens (primary N) is 1. The largest absolute Gasteiger partial charge is 0.497 e. The first-order chi connectivity index (χ1) is 14.1. The van der Waals surface area contributed by atoms with Gasteiger partial charge in [0.25, 0.3) is 0 Å². The Morgan fingerprint density at radius 2 is 1.69 bits per heavy atom. The molecular weight excluding hydrogens is 366 g/mol. The van der Waals surface area contributed by atoms with Gasteiger partial charge in [-0.15, -0.1) is 0 Å². The fourth-order valence-corrected chi connectivity index (χ4v) is 2.64. The lowest BCUT2D eigenvalue weighted by atomic mass is 10.1. The van der Waals surface area contributed by atoms with E-state index >= 15 is 0 Å². The van der Waals surface area contributed by atoms with Crippen LogP contribution in [0.5, 0.6) is 5.75 Å². The number of carbonyl (C=O) groups excluding carboxylic acids is 1. The van der Waals surface area contributed by atoms with Gasteiger partial charge in [-0.3, -0.25) is 0 Å². The Bertz CT molecular complexity index is 970. The molecule has 0 aromatic heterocycles. The lowest BCUT2D eigenvalue weighted by Crippen LogP contribution is -2.22. The van der Waals surface area contributed by atoms with Gasteiger partial charge in [-0.1, -0.05) is 42.5 Å². The van der Waals surface area contributed by atoms with Gasteiger partial charge in [0.05, 0.1) is 19.2 Å². The number of anilines is 1. The number of esters is 1. The van der Waals surface area contributed by atoms with Gasteiger partial charge in [0, 0.05) is 5.69 Å². The number of aliphatic imine (C=N–C) groups is 1. The molecule has 0 saturated carbocycles. The summed E-state index contributed by atoms with van der Waals surface area (Å²) in [5, 5.41) is 3.02. The molecule has 0 aliphatic carbocycles. The number of nitrogens with zero attached hydrogens (tertiary/aromatic N) is 1. The van der Waals surface area contributed by atoms with Crippen molar-refractivity contribution in [1.82, 2.24) is 0 Å². The summed E-state index contributed by atoms with van der Waals surface area (Å²) in [5.41, 5.74) is 9.05. The summed E-state index contributed by atoms with van der Waals surface area (Å²) in [5.74, 6) is 0.679. The van der Waals surface area contributed by atoms with Crippen molar-refractivity contribution in [1.29, 1.82) is 0 Å². The lowest BCUT2D eigenvalue weighted by Gasteiger charge is -2.08. The third kappa shape index (κ3) is 6.10. The molecule has 0 fully saturated rings. The van der Waals surface area contributed by atoms with Gasteiger partial charge in [0.1, 0.15) is 12.4 Å². The van der Waals surface area contributed by atoms with Gasteiger partial charge in [-0.05, 0) is 47.5 Å². The molecule has 0 aliphatic heterocycles. The summed E-state index contributed by atoms with van der Waals surface area (Å²) in [6.45, 7) is 0.579. The van der Waals surface area contributed by atoms with E-state index in [-0.39, 0.29) is 18.5 Å². The highest BCUT2D eigenvalue weighted by molar-refractivity contribution is 5.92. The van der Waals surface area contributed by atoms with Crippen molar-refractivity contribution >= 4 is 17.6 Å². The minimum absolute atomic E-state index is 0.237. The molecule has 0 unspecified atom stereocenters. The summed E-state index contributed by atoms with van der Waals surface area (Å²) >= 11 is 0. The van der Waals surface area contributed by atoms with E-state index in [0.717, 1.165) is 22.6 Å². The molecule has 0 saturated heterocycles. The highest BCUT2D eigenvalue weighted by Gasteiger charge is 2.08. The van der Waals surface area contributed by atoms with Gasteiger partial charge in [0.2, 0.25) is 0 Å². The zero-order valence-electron chi connectivity index (χ0n) is 16.2. The van der Waals surface area contributed by atoms with Gasteiger partial charge in [-0.2, -0.15) is 0 Å². The number of nitrogens with one attached hydrogen (secondary N) is 1. The van der Waals surface area contributed by atoms with Crippen molar-refractivity contribution < 1.29 is 14.3 Å². The second kappa shape index (κ2) is 9.94. The number of carbonyl (C=O) groups is 1. The molecule has 0 radical (unpaired) electrons. The molecule has 0 atom stereocenters. The van der Waals surface area contributed by atoms with E-state index in [1.807, 2.05) is 60.7 Å². The minimum Gasteiger partial charge on any atom is -0.497 e. The number of guanidine groups is 1. The van der Waals surface area contributed by atoms with Crippen molar-refractivity contribution in [2.45, 2.75) is 13.2 Å². The molecule has 3 N–H and O–H groups in total. The molecule has 6 heteroatoms. The Kier molecular flexibility index (Phi) is 6.84. The summed E-state index contributed by atoms with van der Waals surface area (Å²) in [4.78, 5) is 16.6. The van der Waals surface area contributed by atoms with Crippen LogP contribution in [0.1, 0.15) is 21.5 Å². The number of ether oxygens (including phenoxy) is 2. The minimum atomic E-state index is -0.371. The molecule has 3 aromatic carbocycles. The van der Waals surface area contributed by atoms with E-state index in [9.17, 15) is 4.79 Å². The predicted octanol–water partition coefficient (Wildman–Crippen LogP) is 3.98. The zero-order valence-corrected chi connectivity index (χ0v) is 16.2. The van der Waals surface area contributed by atoms with E-state index < -0.39 is 0 Å². The molecule has 0 heterocycles. The van der Waals surface area contributed by atoms with Crippen molar-refractivity contribution in [3.63, 3.8) is 0 Å². The number of hydrogen-bond donors (Lipinski definition) is 2. The van der Waals surface area contributed by atoms with Gasteiger partial charge < -0.3 is 20.5 Å². The standard InChI is InChI=1S/C23H23N3O3/c1-28-21-12-10-20(11-13-21)26-23(24)25-15-18-8-5-9-19(14-18)22(27)29-16-17-6-3-2-4-7-17/h2-14H,15-16H2,1H3,(H3,24,25,26). The van der Waals surface area contributed by atoms with Crippen LogP contribution in [0.2, 0.25) is 0 Å². The highest BCUT2D eigenvalue weighted by atomic mass is 16.5. The molecular formula is C23H23N3O3. The third-order valence-corrected chi connectivity index (χ3v) is 4.17. The van der Waals surface area contributed by atoms with Gasteiger partial charge in [0.15, 0.2) is 5.96 Å². The summed E-state index contributed by atoms with van der Waals surface area (Å²) in [6.07, 6.45) is 0. The summed E-state index contributed by atoms with van der Waals surface area (Å²) in [6, 6.07) is 24.1. The molecule has 6 nitrogen and oxygen atoms in total. The Morgan fingerprint density at radius 3 is 2.41 bits per heavy atom. The molecule has 3 rings (SSSR count).